The zero-order chi connectivity index (χ0) is 13.1. The maximum absolute atomic E-state index is 3.65. The quantitative estimate of drug-likeness (QED) is 0.259. The summed E-state index contributed by atoms with van der Waals surface area (Å²) in [7, 11) is 0. The molecule has 0 bridgehead atoms. The van der Waals surface area contributed by atoms with Crippen molar-refractivity contribution in [1.82, 2.24) is 0 Å². The van der Waals surface area contributed by atoms with E-state index in [2.05, 4.69) is 46.8 Å². The molecule has 0 spiro atoms. The second kappa shape index (κ2) is 19.8. The minimum absolute atomic E-state index is 0. The van der Waals surface area contributed by atoms with Crippen LogP contribution in [0.25, 0.3) is 0 Å². The average Bonchev–Trinajstić information content (AvgIpc) is 2.36. The summed E-state index contributed by atoms with van der Waals surface area (Å²) in [5.74, 6) is 0. The zero-order valence-electron chi connectivity index (χ0n) is 13.8. The minimum Gasteiger partial charge on any atom is -1.00 e. The van der Waals surface area contributed by atoms with Crippen LogP contribution < -0.4 is 24.8 Å². The number of allylic oxidation sites excluding steroid dienone is 4. The van der Waals surface area contributed by atoms with Gasteiger partial charge in [-0.25, -0.2) is 0 Å². The van der Waals surface area contributed by atoms with Crippen molar-refractivity contribution in [2.75, 3.05) is 0 Å². The molecule has 0 N–H and O–H groups in total. The first kappa shape index (κ1) is 28.9. The van der Waals surface area contributed by atoms with E-state index in [1.54, 1.807) is 0 Å². The summed E-state index contributed by atoms with van der Waals surface area (Å²) >= 11 is 0. The molecule has 0 fully saturated rings. The Morgan fingerprint density at radius 2 is 1.50 bits per heavy atom. The Balaban J connectivity index is -0.000000427. The Hall–Kier alpha value is 0.834. The Bertz CT molecular complexity index is 249. The zero-order valence-corrected chi connectivity index (χ0v) is 18.1. The first-order valence-electron chi connectivity index (χ1n) is 7.45. The molecular weight excluding hydrogens is 393 g/mol. The molecule has 0 aliphatic carbocycles. The molecule has 2 radical (unpaired) electrons. The van der Waals surface area contributed by atoms with E-state index >= 15 is 0 Å². The van der Waals surface area contributed by atoms with Gasteiger partial charge in [-0.1, -0.05) is 58.8 Å². The maximum atomic E-state index is 3.65. The summed E-state index contributed by atoms with van der Waals surface area (Å²) in [6.45, 7) is 11.9. The number of rotatable bonds is 9. The number of halogens is 2. The molecule has 0 saturated carbocycles. The van der Waals surface area contributed by atoms with Crippen molar-refractivity contribution in [3.63, 3.8) is 0 Å². The van der Waals surface area contributed by atoms with Gasteiger partial charge in [-0.05, 0) is 24.9 Å². The summed E-state index contributed by atoms with van der Waals surface area (Å²) in [5, 5.41) is 0. The molecule has 0 aliphatic rings. The van der Waals surface area contributed by atoms with Gasteiger partial charge < -0.3 is 24.8 Å². The second-order valence-corrected chi connectivity index (χ2v) is 4.61. The van der Waals surface area contributed by atoms with Gasteiger partial charge in [0.25, 0.3) is 0 Å². The molecule has 0 atom stereocenters. The number of hydrogen-bond acceptors (Lipinski definition) is 0. The average molecular weight is 422 g/mol. The molecule has 114 valence electrons. The molecule has 0 unspecified atom stereocenters. The van der Waals surface area contributed by atoms with E-state index in [-0.39, 0.29) is 48.7 Å². The van der Waals surface area contributed by atoms with Crippen LogP contribution in [-0.2, 0) is 0 Å². The van der Waals surface area contributed by atoms with Gasteiger partial charge in [-0.15, -0.1) is 0 Å². The van der Waals surface area contributed by atoms with Crippen molar-refractivity contribution in [3.05, 3.63) is 23.2 Å². The molecule has 0 aromatic heterocycles. The minimum atomic E-state index is 0. The molecule has 0 aromatic carbocycles. The van der Waals surface area contributed by atoms with Crippen LogP contribution in [0, 0.1) is 12.2 Å². The standard InChI is InChI=1S/C16H29B.2ClH.Sn/c1-6-11-13-15(8-3)16(14-12-7-2)17(9-4)10-5;;;/h6-12H2,1-5H3;2*1H;/q;;;+2/p-2. The van der Waals surface area contributed by atoms with E-state index < -0.39 is 0 Å². The van der Waals surface area contributed by atoms with Gasteiger partial charge in [0.05, 0.1) is 6.42 Å². The third kappa shape index (κ3) is 11.5. The van der Waals surface area contributed by atoms with Crippen molar-refractivity contribution in [1.29, 1.82) is 0 Å². The molecule has 4 heteroatoms. The topological polar surface area (TPSA) is 0 Å². The van der Waals surface area contributed by atoms with Gasteiger partial charge in [-0.3, -0.25) is 0 Å². The van der Waals surface area contributed by atoms with Crippen molar-refractivity contribution < 1.29 is 24.8 Å². The van der Waals surface area contributed by atoms with Crippen LogP contribution in [-0.4, -0.2) is 30.6 Å². The predicted molar refractivity (Wildman–Crippen MR) is 86.1 cm³/mol. The molecule has 0 aromatic rings. The van der Waals surface area contributed by atoms with Gasteiger partial charge in [0.2, 0.25) is 0 Å². The smallest absolute Gasteiger partial charge is 1.00 e. The van der Waals surface area contributed by atoms with Gasteiger partial charge in [0.15, 0.2) is 0 Å². The number of unbranched alkanes of at least 4 members (excludes halogenated alkanes) is 2. The fourth-order valence-electron chi connectivity index (χ4n) is 2.14. The van der Waals surface area contributed by atoms with E-state index in [4.69, 9.17) is 0 Å². The van der Waals surface area contributed by atoms with Gasteiger partial charge in [0, 0.05) is 6.42 Å². The fourth-order valence-corrected chi connectivity index (χ4v) is 2.14. The fraction of sp³-hybridized carbons (Fsp3) is 0.750. The summed E-state index contributed by atoms with van der Waals surface area (Å²) in [6, 6.07) is 0. The molecule has 0 heterocycles. The van der Waals surface area contributed by atoms with E-state index in [1.807, 2.05) is 0 Å². The van der Waals surface area contributed by atoms with Gasteiger partial charge >= 0.3 is 23.9 Å². The van der Waals surface area contributed by atoms with Crippen molar-refractivity contribution in [2.45, 2.75) is 79.4 Å². The van der Waals surface area contributed by atoms with Crippen molar-refractivity contribution >= 4 is 30.6 Å². The summed E-state index contributed by atoms with van der Waals surface area (Å²) < 4.78 is 0. The summed E-state index contributed by atoms with van der Waals surface area (Å²) in [4.78, 5) is 0. The third-order valence-corrected chi connectivity index (χ3v) is 3.23. The Kier molecular flexibility index (Phi) is 28.7. The van der Waals surface area contributed by atoms with E-state index in [1.165, 1.54) is 36.5 Å². The largest absolute Gasteiger partial charge is 2.00 e. The summed E-state index contributed by atoms with van der Waals surface area (Å²) in [6.07, 6.45) is 15.3. The Labute approximate surface area is 157 Å². The van der Waals surface area contributed by atoms with Crippen LogP contribution in [0.1, 0.15) is 66.7 Å². The maximum Gasteiger partial charge on any atom is 2.00 e. The van der Waals surface area contributed by atoms with Crippen LogP contribution in [0.4, 0.5) is 0 Å². The normalized spacial score (nSPS) is 10.7. The predicted octanol–water partition coefficient (Wildman–Crippen LogP) is -0.843. The molecule has 0 amide bonds. The Morgan fingerprint density at radius 1 is 0.950 bits per heavy atom. The van der Waals surface area contributed by atoms with Crippen LogP contribution >= 0.6 is 0 Å². The first-order chi connectivity index (χ1) is 8.24. The van der Waals surface area contributed by atoms with E-state index in [0.29, 0.717) is 6.71 Å². The van der Waals surface area contributed by atoms with Gasteiger partial charge in [0.1, 0.15) is 6.71 Å². The molecule has 0 saturated heterocycles. The van der Waals surface area contributed by atoms with Crippen molar-refractivity contribution in [3.8, 4) is 0 Å². The molecule has 20 heavy (non-hydrogen) atoms. The molecule has 0 nitrogen and oxygen atoms in total. The first-order valence-corrected chi connectivity index (χ1v) is 7.45. The molecular formula is C16H29BCl2Sn. The van der Waals surface area contributed by atoms with E-state index in [0.717, 1.165) is 19.3 Å². The van der Waals surface area contributed by atoms with E-state index in [9.17, 15) is 0 Å². The van der Waals surface area contributed by atoms with Crippen molar-refractivity contribution in [2.24, 2.45) is 0 Å². The SMILES string of the molecule is CCC[C+]=C(B(CC)CC)C(=[C-]CCC)CC.[Cl-].[Cl-].[Sn+2]. The third-order valence-electron chi connectivity index (χ3n) is 3.23. The van der Waals surface area contributed by atoms with Gasteiger partial charge in [-0.2, -0.15) is 6.08 Å². The summed E-state index contributed by atoms with van der Waals surface area (Å²) in [5.41, 5.74) is 2.89. The van der Waals surface area contributed by atoms with Crippen LogP contribution in [0.2, 0.25) is 12.6 Å². The molecule has 0 aliphatic heterocycles. The van der Waals surface area contributed by atoms with Crippen LogP contribution in [0.3, 0.4) is 0 Å². The second-order valence-electron chi connectivity index (χ2n) is 4.61. The van der Waals surface area contributed by atoms with Crippen LogP contribution in [0.5, 0.6) is 0 Å². The molecule has 0 rings (SSSR count). The monoisotopic (exact) mass is 422 g/mol. The number of hydrogen-bond donors (Lipinski definition) is 0. The van der Waals surface area contributed by atoms with Crippen LogP contribution in [0.15, 0.2) is 11.0 Å². The Morgan fingerprint density at radius 3 is 1.85 bits per heavy atom.